The van der Waals surface area contributed by atoms with E-state index in [1.54, 1.807) is 0 Å². The molecule has 0 unspecified atom stereocenters. The van der Waals surface area contributed by atoms with Crippen molar-refractivity contribution < 1.29 is 0 Å². The van der Waals surface area contributed by atoms with Gasteiger partial charge in [-0.15, -0.1) is 0 Å². The van der Waals surface area contributed by atoms with Crippen molar-refractivity contribution in [3.8, 4) is 0 Å². The van der Waals surface area contributed by atoms with Gasteiger partial charge in [0.1, 0.15) is 0 Å². The number of nitrogens with zero attached hydrogens (tertiary/aromatic N) is 1. The van der Waals surface area contributed by atoms with Crippen LogP contribution in [-0.2, 0) is 0 Å². The van der Waals surface area contributed by atoms with E-state index in [4.69, 9.17) is 0 Å². The molecular formula is C14H30N2. The summed E-state index contributed by atoms with van der Waals surface area (Å²) >= 11 is 0. The van der Waals surface area contributed by atoms with Gasteiger partial charge in [0.15, 0.2) is 0 Å². The molecule has 1 rings (SSSR count). The maximum atomic E-state index is 3.46. The molecule has 1 aliphatic carbocycles. The van der Waals surface area contributed by atoms with Crippen LogP contribution in [0, 0.1) is 5.92 Å². The molecule has 0 aromatic carbocycles. The van der Waals surface area contributed by atoms with Crippen molar-refractivity contribution in [2.45, 2.75) is 51.9 Å². The first-order valence-corrected chi connectivity index (χ1v) is 7.22. The molecule has 0 aromatic heterocycles. The molecule has 0 saturated heterocycles. The summed E-state index contributed by atoms with van der Waals surface area (Å²) < 4.78 is 0. The van der Waals surface area contributed by atoms with Gasteiger partial charge in [0.25, 0.3) is 0 Å². The Morgan fingerprint density at radius 1 is 1.12 bits per heavy atom. The van der Waals surface area contributed by atoms with Crippen molar-refractivity contribution in [1.29, 1.82) is 0 Å². The SMILES string of the molecule is CCCNCCCCCN(C)CC1CCC1. The van der Waals surface area contributed by atoms with Crippen LogP contribution in [0.15, 0.2) is 0 Å². The van der Waals surface area contributed by atoms with Gasteiger partial charge >= 0.3 is 0 Å². The summed E-state index contributed by atoms with van der Waals surface area (Å²) in [6, 6.07) is 0. The number of rotatable bonds is 10. The highest BCUT2D eigenvalue weighted by Gasteiger charge is 2.18. The predicted octanol–water partition coefficient (Wildman–Crippen LogP) is 2.89. The van der Waals surface area contributed by atoms with Crippen molar-refractivity contribution in [3.63, 3.8) is 0 Å². The predicted molar refractivity (Wildman–Crippen MR) is 71.8 cm³/mol. The minimum Gasteiger partial charge on any atom is -0.317 e. The molecule has 1 fully saturated rings. The fourth-order valence-corrected chi connectivity index (χ4v) is 2.32. The first kappa shape index (κ1) is 14.0. The number of hydrogen-bond donors (Lipinski definition) is 1. The average molecular weight is 226 g/mol. The maximum Gasteiger partial charge on any atom is 0.000661 e. The van der Waals surface area contributed by atoms with Gasteiger partial charge < -0.3 is 10.2 Å². The third kappa shape index (κ3) is 6.49. The van der Waals surface area contributed by atoms with Gasteiger partial charge in [-0.3, -0.25) is 0 Å². The van der Waals surface area contributed by atoms with Crippen LogP contribution in [0.2, 0.25) is 0 Å². The zero-order chi connectivity index (χ0) is 11.6. The van der Waals surface area contributed by atoms with Gasteiger partial charge in [-0.1, -0.05) is 19.8 Å². The largest absolute Gasteiger partial charge is 0.317 e. The summed E-state index contributed by atoms with van der Waals surface area (Å²) in [5, 5.41) is 3.46. The van der Waals surface area contributed by atoms with Gasteiger partial charge in [0.2, 0.25) is 0 Å². The molecule has 2 heteroatoms. The molecule has 16 heavy (non-hydrogen) atoms. The fourth-order valence-electron chi connectivity index (χ4n) is 2.32. The highest BCUT2D eigenvalue weighted by atomic mass is 15.1. The quantitative estimate of drug-likeness (QED) is 0.576. The molecule has 0 aliphatic heterocycles. The fraction of sp³-hybridized carbons (Fsp3) is 1.00. The van der Waals surface area contributed by atoms with Crippen LogP contribution in [-0.4, -0.2) is 38.1 Å². The van der Waals surface area contributed by atoms with E-state index in [0.717, 1.165) is 5.92 Å². The van der Waals surface area contributed by atoms with Crippen LogP contribution < -0.4 is 5.32 Å². The Morgan fingerprint density at radius 3 is 2.56 bits per heavy atom. The lowest BCUT2D eigenvalue weighted by Gasteiger charge is -2.30. The van der Waals surface area contributed by atoms with Crippen LogP contribution in [0.4, 0.5) is 0 Å². The Bertz CT molecular complexity index is 155. The summed E-state index contributed by atoms with van der Waals surface area (Å²) in [5.74, 6) is 1.02. The molecule has 1 aliphatic rings. The molecule has 0 aromatic rings. The van der Waals surface area contributed by atoms with E-state index < -0.39 is 0 Å². The van der Waals surface area contributed by atoms with E-state index >= 15 is 0 Å². The highest BCUT2D eigenvalue weighted by molar-refractivity contribution is 4.72. The maximum absolute atomic E-state index is 3.46. The lowest BCUT2D eigenvalue weighted by molar-refractivity contribution is 0.203. The minimum absolute atomic E-state index is 1.02. The van der Waals surface area contributed by atoms with Gasteiger partial charge in [-0.05, 0) is 64.7 Å². The third-order valence-corrected chi connectivity index (χ3v) is 3.61. The van der Waals surface area contributed by atoms with Crippen molar-refractivity contribution in [3.05, 3.63) is 0 Å². The summed E-state index contributed by atoms with van der Waals surface area (Å²) in [5.41, 5.74) is 0. The normalized spacial score (nSPS) is 16.7. The third-order valence-electron chi connectivity index (χ3n) is 3.61. The van der Waals surface area contributed by atoms with Crippen LogP contribution in [0.5, 0.6) is 0 Å². The molecule has 0 bridgehead atoms. The molecule has 0 spiro atoms. The van der Waals surface area contributed by atoms with E-state index in [1.165, 1.54) is 71.1 Å². The van der Waals surface area contributed by atoms with Gasteiger partial charge in [-0.25, -0.2) is 0 Å². The highest BCUT2D eigenvalue weighted by Crippen LogP contribution is 2.26. The van der Waals surface area contributed by atoms with Crippen molar-refractivity contribution in [1.82, 2.24) is 10.2 Å². The molecule has 0 radical (unpaired) electrons. The lowest BCUT2D eigenvalue weighted by atomic mass is 9.85. The summed E-state index contributed by atoms with van der Waals surface area (Å²) in [7, 11) is 2.29. The zero-order valence-electron chi connectivity index (χ0n) is 11.3. The first-order chi connectivity index (χ1) is 7.83. The number of unbranched alkanes of at least 4 members (excludes halogenated alkanes) is 2. The van der Waals surface area contributed by atoms with Crippen molar-refractivity contribution in [2.24, 2.45) is 5.92 Å². The molecule has 1 N–H and O–H groups in total. The molecule has 0 heterocycles. The standard InChI is InChI=1S/C14H30N2/c1-3-10-15-11-5-4-6-12-16(2)13-14-8-7-9-14/h14-15H,3-13H2,1-2H3. The number of hydrogen-bond acceptors (Lipinski definition) is 2. The summed E-state index contributed by atoms with van der Waals surface area (Å²) in [4.78, 5) is 2.53. The minimum atomic E-state index is 1.02. The van der Waals surface area contributed by atoms with E-state index in [-0.39, 0.29) is 0 Å². The Labute approximate surface area is 102 Å². The van der Waals surface area contributed by atoms with Crippen molar-refractivity contribution >= 4 is 0 Å². The summed E-state index contributed by atoms with van der Waals surface area (Å²) in [6.45, 7) is 7.25. The molecule has 0 atom stereocenters. The van der Waals surface area contributed by atoms with Crippen molar-refractivity contribution in [2.75, 3.05) is 33.2 Å². The van der Waals surface area contributed by atoms with E-state index in [0.29, 0.717) is 0 Å². The Balaban J connectivity index is 1.78. The topological polar surface area (TPSA) is 15.3 Å². The molecule has 2 nitrogen and oxygen atoms in total. The number of nitrogens with one attached hydrogen (secondary N) is 1. The Kier molecular flexibility index (Phi) is 7.87. The first-order valence-electron chi connectivity index (χ1n) is 7.22. The Hall–Kier alpha value is -0.0800. The Morgan fingerprint density at radius 2 is 1.94 bits per heavy atom. The van der Waals surface area contributed by atoms with E-state index in [1.807, 2.05) is 0 Å². The van der Waals surface area contributed by atoms with Crippen LogP contribution in [0.1, 0.15) is 51.9 Å². The van der Waals surface area contributed by atoms with Crippen LogP contribution in [0.25, 0.3) is 0 Å². The second-order valence-electron chi connectivity index (χ2n) is 5.37. The van der Waals surface area contributed by atoms with E-state index in [9.17, 15) is 0 Å². The molecule has 96 valence electrons. The molecule has 1 saturated carbocycles. The summed E-state index contributed by atoms with van der Waals surface area (Å²) in [6.07, 6.45) is 9.78. The second-order valence-corrected chi connectivity index (χ2v) is 5.37. The smallest absolute Gasteiger partial charge is 0.000661 e. The van der Waals surface area contributed by atoms with Gasteiger partial charge in [0.05, 0.1) is 0 Å². The second kappa shape index (κ2) is 9.00. The van der Waals surface area contributed by atoms with Crippen LogP contribution in [0.3, 0.4) is 0 Å². The monoisotopic (exact) mass is 226 g/mol. The molecular weight excluding hydrogens is 196 g/mol. The average Bonchev–Trinajstić information content (AvgIpc) is 2.22. The van der Waals surface area contributed by atoms with Gasteiger partial charge in [-0.2, -0.15) is 0 Å². The zero-order valence-corrected chi connectivity index (χ0v) is 11.3. The molecule has 0 amide bonds. The van der Waals surface area contributed by atoms with Gasteiger partial charge in [0, 0.05) is 6.54 Å². The lowest BCUT2D eigenvalue weighted by Crippen LogP contribution is -2.30. The van der Waals surface area contributed by atoms with E-state index in [2.05, 4.69) is 24.2 Å². The van der Waals surface area contributed by atoms with Crippen LogP contribution >= 0.6 is 0 Å².